The first-order chi connectivity index (χ1) is 18.5. The van der Waals surface area contributed by atoms with Crippen LogP contribution in [0, 0.1) is 6.92 Å². The van der Waals surface area contributed by atoms with Crippen LogP contribution in [-0.4, -0.2) is 35.0 Å². The van der Waals surface area contributed by atoms with Crippen molar-refractivity contribution in [2.45, 2.75) is 19.4 Å². The number of carbonyl (C=O) groups excluding carboxylic acids is 1. The van der Waals surface area contributed by atoms with Crippen molar-refractivity contribution in [3.05, 3.63) is 119 Å². The van der Waals surface area contributed by atoms with Crippen LogP contribution in [0.2, 0.25) is 0 Å². The maximum Gasteiger partial charge on any atom is 1.00 e. The Morgan fingerprint density at radius 3 is 2.21 bits per heavy atom. The molecule has 0 aliphatic heterocycles. The van der Waals surface area contributed by atoms with Gasteiger partial charge in [0.25, 0.3) is 5.91 Å². The molecule has 194 valence electrons. The van der Waals surface area contributed by atoms with Gasteiger partial charge in [-0.1, -0.05) is 91.0 Å². The third-order valence-electron chi connectivity index (χ3n) is 6.40. The predicted molar refractivity (Wildman–Crippen MR) is 160 cm³/mol. The fourth-order valence-corrected chi connectivity index (χ4v) is 4.81. The number of rotatable bonds is 10. The summed E-state index contributed by atoms with van der Waals surface area (Å²) in [7, 11) is 0. The van der Waals surface area contributed by atoms with E-state index in [1.165, 1.54) is 0 Å². The molecule has 1 amide bonds. The summed E-state index contributed by atoms with van der Waals surface area (Å²) in [4.78, 5) is 25.0. The van der Waals surface area contributed by atoms with Crippen LogP contribution < -0.4 is 24.2 Å². The average molecular weight is 530 g/mol. The van der Waals surface area contributed by atoms with Crippen LogP contribution >= 0.6 is 11.8 Å². The van der Waals surface area contributed by atoms with E-state index in [1.807, 2.05) is 79.9 Å². The molecule has 0 aromatic heterocycles. The van der Waals surface area contributed by atoms with Crippen molar-refractivity contribution in [1.29, 1.82) is 0 Å². The zero-order chi connectivity index (χ0) is 26.9. The van der Waals surface area contributed by atoms with Gasteiger partial charge in [-0.2, -0.15) is 11.8 Å². The second-order valence-corrected chi connectivity index (χ2v) is 10.1. The molecule has 0 spiro atoms. The Hall–Kier alpha value is -3.49. The van der Waals surface area contributed by atoms with Gasteiger partial charge < -0.3 is 11.8 Å². The molecule has 1 atom stereocenters. The zero-order valence-electron chi connectivity index (χ0n) is 23.6. The van der Waals surface area contributed by atoms with Crippen molar-refractivity contribution in [1.82, 2.24) is 5.32 Å². The second kappa shape index (κ2) is 14.6. The third-order valence-corrected chi connectivity index (χ3v) is 7.04. The van der Waals surface area contributed by atoms with E-state index in [9.17, 15) is 14.7 Å². The predicted octanol–water partition coefficient (Wildman–Crippen LogP) is 4.55. The normalized spacial score (nSPS) is 11.5. The van der Waals surface area contributed by atoms with Crippen molar-refractivity contribution in [2.75, 3.05) is 12.0 Å². The molecule has 4 aromatic carbocycles. The van der Waals surface area contributed by atoms with Gasteiger partial charge in [0, 0.05) is 5.56 Å². The molecule has 4 rings (SSSR count). The molecule has 0 saturated heterocycles. The number of nitrogens with one attached hydrogen (secondary N) is 1. The second-order valence-electron chi connectivity index (χ2n) is 9.09. The molecule has 0 bridgehead atoms. The number of carbonyl (C=O) groups is 2. The summed E-state index contributed by atoms with van der Waals surface area (Å²) in [5, 5.41) is 12.3. The molecule has 0 heterocycles. The summed E-state index contributed by atoms with van der Waals surface area (Å²) in [6.07, 6.45) is 6.38. The molecule has 4 nitrogen and oxygen atoms in total. The number of benzene rings is 4. The minimum absolute atomic E-state index is 0. The summed E-state index contributed by atoms with van der Waals surface area (Å²) >= 11 is 1.56. The van der Waals surface area contributed by atoms with E-state index < -0.39 is 12.0 Å². The van der Waals surface area contributed by atoms with Gasteiger partial charge in [0.15, 0.2) is 0 Å². The summed E-state index contributed by atoms with van der Waals surface area (Å²) in [5.41, 5.74) is 7.54. The number of aryl methyl sites for hydroxylation is 1. The first-order valence-corrected chi connectivity index (χ1v) is 13.9. The number of thioether (sulfide) groups is 1. The number of hydrogen-bond acceptors (Lipinski definition) is 3. The Kier molecular flexibility index (Phi) is 11.3. The fraction of sp³-hybridized carbons (Fsp3) is 0.152. The van der Waals surface area contributed by atoms with Crippen molar-refractivity contribution < 1.29 is 35.0 Å². The van der Waals surface area contributed by atoms with E-state index in [2.05, 4.69) is 41.7 Å². The number of carboxylic acids is 1. The Morgan fingerprint density at radius 1 is 0.846 bits per heavy atom. The number of carboxylic acid groups (broad SMARTS) is 1. The molecule has 2 N–H and O–H groups in total. The molecule has 6 heteroatoms. The topological polar surface area (TPSA) is 66.4 Å². The van der Waals surface area contributed by atoms with E-state index in [0.717, 1.165) is 38.9 Å². The SMILES string of the molecule is CSCCC(NC(=O)c1ccc(C=Cc2cccc(-c3ccccc3)c2)cc1-c1ccccc1C)C(=O)O.[H-].[Li+]. The number of aliphatic carboxylic acids is 1. The van der Waals surface area contributed by atoms with Gasteiger partial charge in [0.05, 0.1) is 0 Å². The van der Waals surface area contributed by atoms with Crippen molar-refractivity contribution in [3.8, 4) is 22.3 Å². The summed E-state index contributed by atoms with van der Waals surface area (Å²) in [6.45, 7) is 2.01. The zero-order valence-corrected chi connectivity index (χ0v) is 23.4. The van der Waals surface area contributed by atoms with E-state index in [-0.39, 0.29) is 26.2 Å². The molecular formula is C33H32LiNO3S. The molecule has 1 unspecified atom stereocenters. The summed E-state index contributed by atoms with van der Waals surface area (Å²) < 4.78 is 0. The van der Waals surface area contributed by atoms with Crippen LogP contribution in [0.3, 0.4) is 0 Å². The monoisotopic (exact) mass is 529 g/mol. The maximum absolute atomic E-state index is 13.3. The molecule has 0 aliphatic rings. The van der Waals surface area contributed by atoms with Gasteiger partial charge in [-0.15, -0.1) is 0 Å². The molecule has 0 saturated carbocycles. The quantitative estimate of drug-likeness (QED) is 0.234. The van der Waals surface area contributed by atoms with Gasteiger partial charge in [0.1, 0.15) is 6.04 Å². The molecule has 0 radical (unpaired) electrons. The van der Waals surface area contributed by atoms with Crippen molar-refractivity contribution in [3.63, 3.8) is 0 Å². The first-order valence-electron chi connectivity index (χ1n) is 12.5. The van der Waals surface area contributed by atoms with Crippen LogP contribution in [-0.2, 0) is 4.79 Å². The molecule has 0 aliphatic carbocycles. The average Bonchev–Trinajstić information content (AvgIpc) is 2.94. The van der Waals surface area contributed by atoms with Crippen molar-refractivity contribution >= 4 is 35.8 Å². The van der Waals surface area contributed by atoms with Gasteiger partial charge in [-0.05, 0) is 82.5 Å². The van der Waals surface area contributed by atoms with Gasteiger partial charge >= 0.3 is 24.8 Å². The number of hydrogen-bond donors (Lipinski definition) is 2. The number of amides is 1. The fourth-order valence-electron chi connectivity index (χ4n) is 4.34. The van der Waals surface area contributed by atoms with E-state index in [1.54, 1.807) is 17.8 Å². The maximum atomic E-state index is 13.3. The van der Waals surface area contributed by atoms with Crippen LogP contribution in [0.5, 0.6) is 0 Å². The minimum atomic E-state index is -1.03. The molecule has 4 aromatic rings. The molecule has 39 heavy (non-hydrogen) atoms. The van der Waals surface area contributed by atoms with Crippen LogP contribution in [0.15, 0.2) is 97.1 Å². The standard InChI is InChI=1S/C33H31NO3S.Li.H/c1-23-9-6-7-14-28(23)30-22-25(17-18-29(30)32(35)34-31(33(36)37)19-20-38-2)16-15-24-10-8-13-27(21-24)26-11-4-3-5-12-26;;/h3-18,21-22,31H,19-20H2,1-2H3,(H,34,35)(H,36,37);;/q;+1;-1. The Morgan fingerprint density at radius 2 is 1.51 bits per heavy atom. The first kappa shape index (κ1) is 30.1. The van der Waals surface area contributed by atoms with Gasteiger partial charge in [-0.3, -0.25) is 4.79 Å². The van der Waals surface area contributed by atoms with Crippen molar-refractivity contribution in [2.24, 2.45) is 0 Å². The van der Waals surface area contributed by atoms with E-state index >= 15 is 0 Å². The van der Waals surface area contributed by atoms with Gasteiger partial charge in [0.2, 0.25) is 0 Å². The van der Waals surface area contributed by atoms with Crippen LogP contribution in [0.4, 0.5) is 0 Å². The Balaban J connectivity index is 0.00000280. The Labute approximate surface area is 248 Å². The largest absolute Gasteiger partial charge is 1.00 e. The van der Waals surface area contributed by atoms with Crippen LogP contribution in [0.1, 0.15) is 34.9 Å². The smallest absolute Gasteiger partial charge is 1.00 e. The Bertz CT molecular complexity index is 1460. The summed E-state index contributed by atoms with van der Waals surface area (Å²) in [6, 6.07) is 31.3. The van der Waals surface area contributed by atoms with Crippen LogP contribution in [0.25, 0.3) is 34.4 Å². The van der Waals surface area contributed by atoms with E-state index in [0.29, 0.717) is 17.7 Å². The molecule has 0 fully saturated rings. The van der Waals surface area contributed by atoms with Gasteiger partial charge in [-0.25, -0.2) is 4.79 Å². The third kappa shape index (κ3) is 8.00. The van der Waals surface area contributed by atoms with E-state index in [4.69, 9.17) is 0 Å². The molecular weight excluding hydrogens is 497 g/mol. The summed E-state index contributed by atoms with van der Waals surface area (Å²) in [5.74, 6) is -0.762. The minimum Gasteiger partial charge on any atom is -1.00 e.